The van der Waals surface area contributed by atoms with E-state index < -0.39 is 0 Å². The molecule has 0 bridgehead atoms. The highest BCUT2D eigenvalue weighted by molar-refractivity contribution is 9.10. The van der Waals surface area contributed by atoms with E-state index in [4.69, 9.17) is 0 Å². The lowest BCUT2D eigenvalue weighted by Crippen LogP contribution is -1.95. The predicted octanol–water partition coefficient (Wildman–Crippen LogP) is 2.42. The third kappa shape index (κ3) is 1.25. The maximum Gasteiger partial charge on any atom is 0.235 e. The molecule has 0 aliphatic rings. The minimum atomic E-state index is 0.766. The van der Waals surface area contributed by atoms with E-state index in [1.165, 1.54) is 0 Å². The standard InChI is InChI=1S/C9H10BrN3/c1-5-4-6(2)13-8(10)7(3)12-9(13)11-5/h4H,1-3H3. The Bertz CT molecular complexity index is 473. The lowest BCUT2D eigenvalue weighted by molar-refractivity contribution is 0.997. The van der Waals surface area contributed by atoms with Crippen LogP contribution in [0.3, 0.4) is 0 Å². The highest BCUT2D eigenvalue weighted by atomic mass is 79.9. The summed E-state index contributed by atoms with van der Waals surface area (Å²) in [5, 5.41) is 0. The van der Waals surface area contributed by atoms with E-state index >= 15 is 0 Å². The molecule has 0 N–H and O–H groups in total. The van der Waals surface area contributed by atoms with Gasteiger partial charge in [-0.25, -0.2) is 9.97 Å². The first-order valence-electron chi connectivity index (χ1n) is 4.08. The Hall–Kier alpha value is -0.900. The third-order valence-corrected chi connectivity index (χ3v) is 2.94. The van der Waals surface area contributed by atoms with Crippen molar-refractivity contribution in [1.82, 2.24) is 14.4 Å². The van der Waals surface area contributed by atoms with Gasteiger partial charge in [-0.3, -0.25) is 4.40 Å². The smallest absolute Gasteiger partial charge is 0.235 e. The van der Waals surface area contributed by atoms with E-state index in [2.05, 4.69) is 25.9 Å². The summed E-state index contributed by atoms with van der Waals surface area (Å²) in [7, 11) is 0. The average molecular weight is 240 g/mol. The molecule has 4 heteroatoms. The fraction of sp³-hybridized carbons (Fsp3) is 0.333. The Kier molecular flexibility index (Phi) is 1.87. The van der Waals surface area contributed by atoms with Gasteiger partial charge < -0.3 is 0 Å². The SMILES string of the molecule is Cc1cc(C)n2c(Br)c(C)nc2n1. The Morgan fingerprint density at radius 2 is 1.92 bits per heavy atom. The minimum absolute atomic E-state index is 0.766. The van der Waals surface area contributed by atoms with Gasteiger partial charge >= 0.3 is 0 Å². The second-order valence-corrected chi connectivity index (χ2v) is 3.91. The van der Waals surface area contributed by atoms with E-state index in [1.807, 2.05) is 31.2 Å². The zero-order valence-electron chi connectivity index (χ0n) is 7.80. The van der Waals surface area contributed by atoms with Crippen LogP contribution in [0.4, 0.5) is 0 Å². The van der Waals surface area contributed by atoms with Crippen LogP contribution in [0.5, 0.6) is 0 Å². The van der Waals surface area contributed by atoms with Gasteiger partial charge in [-0.2, -0.15) is 0 Å². The van der Waals surface area contributed by atoms with Crippen molar-refractivity contribution in [2.24, 2.45) is 0 Å². The first-order chi connectivity index (χ1) is 6.09. The molecule has 0 saturated heterocycles. The molecule has 0 aliphatic heterocycles. The summed E-state index contributed by atoms with van der Waals surface area (Å²) in [6, 6.07) is 2.04. The van der Waals surface area contributed by atoms with Crippen LogP contribution in [0.25, 0.3) is 5.78 Å². The van der Waals surface area contributed by atoms with E-state index in [1.54, 1.807) is 0 Å². The van der Waals surface area contributed by atoms with Crippen molar-refractivity contribution in [3.63, 3.8) is 0 Å². The molecular weight excluding hydrogens is 230 g/mol. The maximum atomic E-state index is 4.34. The molecule has 0 fully saturated rings. The van der Waals surface area contributed by atoms with Crippen LogP contribution in [0.1, 0.15) is 17.1 Å². The molecular formula is C9H10BrN3. The van der Waals surface area contributed by atoms with E-state index in [-0.39, 0.29) is 0 Å². The monoisotopic (exact) mass is 239 g/mol. The van der Waals surface area contributed by atoms with Crippen molar-refractivity contribution >= 4 is 21.7 Å². The Morgan fingerprint density at radius 3 is 2.62 bits per heavy atom. The minimum Gasteiger partial charge on any atom is -0.275 e. The summed E-state index contributed by atoms with van der Waals surface area (Å²) in [6.07, 6.45) is 0. The number of hydrogen-bond acceptors (Lipinski definition) is 2. The van der Waals surface area contributed by atoms with Gasteiger partial charge in [0.15, 0.2) is 0 Å². The Morgan fingerprint density at radius 1 is 1.23 bits per heavy atom. The van der Waals surface area contributed by atoms with Crippen molar-refractivity contribution < 1.29 is 0 Å². The van der Waals surface area contributed by atoms with Crippen LogP contribution >= 0.6 is 15.9 Å². The number of aryl methyl sites for hydroxylation is 3. The third-order valence-electron chi connectivity index (χ3n) is 2.01. The molecule has 0 atom stereocenters. The highest BCUT2D eigenvalue weighted by Gasteiger charge is 2.08. The molecule has 2 rings (SSSR count). The van der Waals surface area contributed by atoms with Crippen molar-refractivity contribution in [1.29, 1.82) is 0 Å². The van der Waals surface area contributed by atoms with Gasteiger partial charge in [-0.1, -0.05) is 0 Å². The van der Waals surface area contributed by atoms with E-state index in [9.17, 15) is 0 Å². The lowest BCUT2D eigenvalue weighted by atomic mass is 10.3. The second kappa shape index (κ2) is 2.80. The molecule has 0 saturated carbocycles. The number of imidazole rings is 1. The molecule has 2 heterocycles. The molecule has 0 unspecified atom stereocenters. The number of aromatic nitrogens is 3. The number of nitrogens with zero attached hydrogens (tertiary/aromatic N) is 3. The van der Waals surface area contributed by atoms with Crippen LogP contribution in [0.15, 0.2) is 10.7 Å². The van der Waals surface area contributed by atoms with Gasteiger partial charge in [0.25, 0.3) is 0 Å². The zero-order valence-corrected chi connectivity index (χ0v) is 9.38. The van der Waals surface area contributed by atoms with E-state index in [0.29, 0.717) is 0 Å². The van der Waals surface area contributed by atoms with E-state index in [0.717, 1.165) is 27.5 Å². The summed E-state index contributed by atoms with van der Waals surface area (Å²) in [6.45, 7) is 5.99. The largest absolute Gasteiger partial charge is 0.275 e. The molecule has 2 aromatic rings. The van der Waals surface area contributed by atoms with Crippen molar-refractivity contribution in [2.75, 3.05) is 0 Å². The van der Waals surface area contributed by atoms with Crippen LogP contribution < -0.4 is 0 Å². The summed E-state index contributed by atoms with van der Waals surface area (Å²) in [5.74, 6) is 0.766. The van der Waals surface area contributed by atoms with Gasteiger partial charge in [0.05, 0.1) is 5.69 Å². The van der Waals surface area contributed by atoms with Crippen LogP contribution in [-0.2, 0) is 0 Å². The molecule has 0 spiro atoms. The molecule has 0 radical (unpaired) electrons. The molecule has 0 aliphatic carbocycles. The van der Waals surface area contributed by atoms with Gasteiger partial charge in [-0.15, -0.1) is 0 Å². The molecule has 0 aromatic carbocycles. The van der Waals surface area contributed by atoms with Gasteiger partial charge in [0.2, 0.25) is 5.78 Å². The van der Waals surface area contributed by atoms with Crippen molar-refractivity contribution in [3.05, 3.63) is 27.8 Å². The lowest BCUT2D eigenvalue weighted by Gasteiger charge is -2.01. The van der Waals surface area contributed by atoms with Crippen molar-refractivity contribution in [3.8, 4) is 0 Å². The molecule has 68 valence electrons. The Balaban J connectivity index is 2.94. The van der Waals surface area contributed by atoms with Crippen LogP contribution in [0.2, 0.25) is 0 Å². The molecule has 3 nitrogen and oxygen atoms in total. The van der Waals surface area contributed by atoms with Gasteiger partial charge in [0.1, 0.15) is 4.60 Å². The fourth-order valence-electron chi connectivity index (χ4n) is 1.44. The van der Waals surface area contributed by atoms with Crippen LogP contribution in [0, 0.1) is 20.8 Å². The first kappa shape index (κ1) is 8.69. The van der Waals surface area contributed by atoms with Gasteiger partial charge in [0, 0.05) is 11.4 Å². The zero-order chi connectivity index (χ0) is 9.59. The fourth-order valence-corrected chi connectivity index (χ4v) is 1.97. The highest BCUT2D eigenvalue weighted by Crippen LogP contribution is 2.19. The molecule has 2 aromatic heterocycles. The predicted molar refractivity (Wildman–Crippen MR) is 54.9 cm³/mol. The second-order valence-electron chi connectivity index (χ2n) is 3.16. The molecule has 0 amide bonds. The number of rotatable bonds is 0. The average Bonchev–Trinajstić information content (AvgIpc) is 2.27. The summed E-state index contributed by atoms with van der Waals surface area (Å²) in [5.41, 5.74) is 3.12. The summed E-state index contributed by atoms with van der Waals surface area (Å²) in [4.78, 5) is 8.68. The maximum absolute atomic E-state index is 4.34. The summed E-state index contributed by atoms with van der Waals surface area (Å²) < 4.78 is 3.00. The van der Waals surface area contributed by atoms with Crippen LogP contribution in [-0.4, -0.2) is 14.4 Å². The summed E-state index contributed by atoms with van der Waals surface area (Å²) >= 11 is 3.49. The number of halogens is 1. The normalized spacial score (nSPS) is 11.1. The van der Waals surface area contributed by atoms with Gasteiger partial charge in [-0.05, 0) is 42.8 Å². The van der Waals surface area contributed by atoms with Crippen molar-refractivity contribution in [2.45, 2.75) is 20.8 Å². The topological polar surface area (TPSA) is 30.2 Å². The number of fused-ring (bicyclic) bond motifs is 1. The first-order valence-corrected chi connectivity index (χ1v) is 4.87. The Labute approximate surface area is 85.0 Å². The number of hydrogen-bond donors (Lipinski definition) is 0. The molecule has 13 heavy (non-hydrogen) atoms. The quantitative estimate of drug-likeness (QED) is 0.707.